The molecule has 0 aromatic heterocycles. The Bertz CT molecular complexity index is 143. The molecule has 0 saturated carbocycles. The van der Waals surface area contributed by atoms with Gasteiger partial charge in [0, 0.05) is 0 Å². The summed E-state index contributed by atoms with van der Waals surface area (Å²) in [6.45, 7) is 2.81. The van der Waals surface area contributed by atoms with Crippen LogP contribution in [0.3, 0.4) is 0 Å². The molecule has 0 aromatic rings. The first-order chi connectivity index (χ1) is 5.13. The molecule has 0 bridgehead atoms. The molecule has 72 valence electrons. The van der Waals surface area contributed by atoms with E-state index in [2.05, 4.69) is 28.2 Å². The molecule has 3 nitrogen and oxygen atoms in total. The molecule has 0 saturated heterocycles. The van der Waals surface area contributed by atoms with Gasteiger partial charge in [-0.2, -0.15) is 0 Å². The molecule has 0 atom stereocenters. The summed E-state index contributed by atoms with van der Waals surface area (Å²) in [6, 6.07) is 0. The maximum absolute atomic E-state index is 10.0. The van der Waals surface area contributed by atoms with Crippen molar-refractivity contribution in [2.75, 3.05) is 28.2 Å². The van der Waals surface area contributed by atoms with Gasteiger partial charge < -0.3 is 4.48 Å². The number of Topliss-reactive ketones (excluding diaryl/α,β-unsaturated/α-hetero) is 2. The van der Waals surface area contributed by atoms with Gasteiger partial charge in [-0.15, -0.1) is 0 Å². The van der Waals surface area contributed by atoms with Crippen molar-refractivity contribution in [1.29, 1.82) is 0 Å². The molecular weight excluding hydrogens is 269 g/mol. The summed E-state index contributed by atoms with van der Waals surface area (Å²) in [5.41, 5.74) is 0. The summed E-state index contributed by atoms with van der Waals surface area (Å²) in [4.78, 5) is 20.1. The minimum absolute atomic E-state index is 0. The maximum Gasteiger partial charge on any atom is 3.00 e. The van der Waals surface area contributed by atoms with Gasteiger partial charge in [-0.25, -0.2) is 0 Å². The van der Waals surface area contributed by atoms with Crippen molar-refractivity contribution < 1.29 is 14.1 Å². The standard InChI is InChI=1S/C5H8O2.C4H12N.In/c1-4(6)3-5(2)7;1-5(2,3)4;/h3H2,1-2H3;1-4H3;/q;+1;+3. The van der Waals surface area contributed by atoms with Gasteiger partial charge >= 0.3 is 25.8 Å². The summed E-state index contributed by atoms with van der Waals surface area (Å²) in [6.07, 6.45) is 0.0833. The van der Waals surface area contributed by atoms with Crippen LogP contribution < -0.4 is 0 Å². The van der Waals surface area contributed by atoms with Crippen LogP contribution in [-0.4, -0.2) is 70.1 Å². The van der Waals surface area contributed by atoms with Gasteiger partial charge in [0.05, 0.1) is 34.6 Å². The molecule has 0 heterocycles. The third kappa shape index (κ3) is 72.4. The van der Waals surface area contributed by atoms with Crippen LogP contribution in [0.2, 0.25) is 0 Å². The minimum atomic E-state index is -0.0625. The number of carbonyl (C=O) groups is 2. The Morgan fingerprint density at radius 3 is 1.08 bits per heavy atom. The maximum atomic E-state index is 10.0. The Morgan fingerprint density at radius 1 is 0.923 bits per heavy atom. The molecule has 0 aromatic carbocycles. The molecule has 4 heteroatoms. The van der Waals surface area contributed by atoms with Crippen molar-refractivity contribution in [3.05, 3.63) is 0 Å². The van der Waals surface area contributed by atoms with Gasteiger partial charge in [0.1, 0.15) is 11.6 Å². The molecule has 0 fully saturated rings. The van der Waals surface area contributed by atoms with E-state index < -0.39 is 0 Å². The number of ketones is 2. The van der Waals surface area contributed by atoms with Crippen LogP contribution in [0, 0.1) is 0 Å². The number of rotatable bonds is 2. The van der Waals surface area contributed by atoms with E-state index in [0.717, 1.165) is 4.48 Å². The molecule has 0 unspecified atom stereocenters. The Labute approximate surface area is 99.9 Å². The van der Waals surface area contributed by atoms with Gasteiger partial charge in [0.2, 0.25) is 0 Å². The van der Waals surface area contributed by atoms with Gasteiger partial charge in [-0.05, 0) is 13.8 Å². The fraction of sp³-hybridized carbons (Fsp3) is 0.778. The predicted octanol–water partition coefficient (Wildman–Crippen LogP) is 0.496. The first kappa shape index (κ1) is 18.9. The van der Waals surface area contributed by atoms with Crippen molar-refractivity contribution in [1.82, 2.24) is 0 Å². The number of hydrogen-bond donors (Lipinski definition) is 0. The molecule has 0 amide bonds. The number of nitrogens with zero attached hydrogens (tertiary/aromatic N) is 1. The Kier molecular flexibility index (Phi) is 12.7. The molecule has 0 rings (SSSR count). The van der Waals surface area contributed by atoms with E-state index in [-0.39, 0.29) is 43.8 Å². The zero-order valence-electron chi connectivity index (χ0n) is 9.55. The second kappa shape index (κ2) is 8.75. The molecule has 0 aliphatic rings. The Hall–Kier alpha value is 0.170. The van der Waals surface area contributed by atoms with Crippen molar-refractivity contribution in [2.45, 2.75) is 20.3 Å². The fourth-order valence-electron chi connectivity index (χ4n) is 0.351. The average Bonchev–Trinajstić information content (AvgIpc) is 1.52. The van der Waals surface area contributed by atoms with Crippen molar-refractivity contribution >= 4 is 37.4 Å². The molecule has 0 N–H and O–H groups in total. The second-order valence-corrected chi connectivity index (χ2v) is 4.26. The second-order valence-electron chi connectivity index (χ2n) is 4.26. The van der Waals surface area contributed by atoms with Crippen LogP contribution in [0.4, 0.5) is 0 Å². The Morgan fingerprint density at radius 2 is 1.08 bits per heavy atom. The summed E-state index contributed by atoms with van der Waals surface area (Å²) < 4.78 is 1.00. The summed E-state index contributed by atoms with van der Waals surface area (Å²) >= 11 is 0. The van der Waals surface area contributed by atoms with Crippen molar-refractivity contribution in [3.63, 3.8) is 0 Å². The molecular formula is C9H20InNO2+4. The normalized spacial score (nSPS) is 9.08. The third-order valence-corrected chi connectivity index (χ3v) is 0.498. The monoisotopic (exact) mass is 289 g/mol. The number of quaternary nitrogens is 1. The van der Waals surface area contributed by atoms with Crippen LogP contribution in [0.25, 0.3) is 0 Å². The summed E-state index contributed by atoms with van der Waals surface area (Å²) in [5.74, 6) is -0.125. The van der Waals surface area contributed by atoms with Crippen LogP contribution in [0.15, 0.2) is 0 Å². The van der Waals surface area contributed by atoms with E-state index in [9.17, 15) is 9.59 Å². The Balaban J connectivity index is -0.000000150. The van der Waals surface area contributed by atoms with E-state index in [1.165, 1.54) is 13.8 Å². The van der Waals surface area contributed by atoms with Gasteiger partial charge in [0.15, 0.2) is 0 Å². The zero-order chi connectivity index (χ0) is 10.4. The van der Waals surface area contributed by atoms with E-state index in [0.29, 0.717) is 0 Å². The molecule has 0 radical (unpaired) electrons. The molecule has 0 aliphatic carbocycles. The minimum Gasteiger partial charge on any atom is -0.333 e. The SMILES string of the molecule is CC(=O)CC(C)=O.C[N+](C)(C)C.[In+3]. The van der Waals surface area contributed by atoms with Gasteiger partial charge in [-0.3, -0.25) is 9.59 Å². The molecule has 0 aliphatic heterocycles. The largest absolute Gasteiger partial charge is 3.00 e. The summed E-state index contributed by atoms with van der Waals surface area (Å²) in [5, 5.41) is 0. The first-order valence-corrected chi connectivity index (χ1v) is 3.90. The van der Waals surface area contributed by atoms with Crippen LogP contribution >= 0.6 is 0 Å². The number of carbonyl (C=O) groups excluding carboxylic acids is 2. The predicted molar refractivity (Wildman–Crippen MR) is 55.7 cm³/mol. The first-order valence-electron chi connectivity index (χ1n) is 3.90. The van der Waals surface area contributed by atoms with Gasteiger partial charge in [0.25, 0.3) is 0 Å². The molecule has 0 spiro atoms. The quantitative estimate of drug-likeness (QED) is 0.548. The van der Waals surface area contributed by atoms with Crippen molar-refractivity contribution in [3.8, 4) is 0 Å². The smallest absolute Gasteiger partial charge is 0.333 e. The molecule has 13 heavy (non-hydrogen) atoms. The van der Waals surface area contributed by atoms with Crippen molar-refractivity contribution in [2.24, 2.45) is 0 Å². The van der Waals surface area contributed by atoms with Crippen LogP contribution in [0.1, 0.15) is 20.3 Å². The van der Waals surface area contributed by atoms with Gasteiger partial charge in [-0.1, -0.05) is 0 Å². The zero-order valence-corrected chi connectivity index (χ0v) is 12.8. The number of hydrogen-bond acceptors (Lipinski definition) is 2. The van der Waals surface area contributed by atoms with E-state index in [4.69, 9.17) is 0 Å². The van der Waals surface area contributed by atoms with Crippen LogP contribution in [0.5, 0.6) is 0 Å². The topological polar surface area (TPSA) is 34.1 Å². The van der Waals surface area contributed by atoms with Crippen LogP contribution in [-0.2, 0) is 9.59 Å². The summed E-state index contributed by atoms with van der Waals surface area (Å²) in [7, 11) is 8.50. The fourth-order valence-corrected chi connectivity index (χ4v) is 0.351. The average molecular weight is 289 g/mol. The van der Waals surface area contributed by atoms with E-state index in [1.54, 1.807) is 0 Å². The van der Waals surface area contributed by atoms with E-state index >= 15 is 0 Å². The van der Waals surface area contributed by atoms with E-state index in [1.807, 2.05) is 0 Å². The third-order valence-electron chi connectivity index (χ3n) is 0.498.